The summed E-state index contributed by atoms with van der Waals surface area (Å²) in [6.45, 7) is 7.88. The van der Waals surface area contributed by atoms with E-state index in [9.17, 15) is 5.11 Å². The van der Waals surface area contributed by atoms with Crippen LogP contribution in [0.5, 0.6) is 0 Å². The van der Waals surface area contributed by atoms with Crippen molar-refractivity contribution in [2.24, 2.45) is 13.0 Å². The van der Waals surface area contributed by atoms with Gasteiger partial charge < -0.3 is 10.4 Å². The van der Waals surface area contributed by atoms with Crippen LogP contribution >= 0.6 is 0 Å². The third-order valence-electron chi connectivity index (χ3n) is 2.61. The van der Waals surface area contributed by atoms with Crippen LogP contribution in [0.3, 0.4) is 0 Å². The van der Waals surface area contributed by atoms with Crippen LogP contribution in [-0.4, -0.2) is 33.2 Å². The van der Waals surface area contributed by atoms with E-state index in [0.717, 1.165) is 18.8 Å². The Hall–Kier alpha value is -0.940. The van der Waals surface area contributed by atoms with E-state index in [4.69, 9.17) is 0 Å². The second-order valence-electron chi connectivity index (χ2n) is 4.86. The molecule has 5 heteroatoms. The maximum absolute atomic E-state index is 10.3. The summed E-state index contributed by atoms with van der Waals surface area (Å²) >= 11 is 0. The first kappa shape index (κ1) is 13.1. The van der Waals surface area contributed by atoms with E-state index in [1.165, 1.54) is 0 Å². The monoisotopic (exact) mass is 226 g/mol. The van der Waals surface area contributed by atoms with Crippen molar-refractivity contribution >= 4 is 0 Å². The van der Waals surface area contributed by atoms with E-state index in [1.807, 2.05) is 0 Å². The molecule has 1 aromatic rings. The zero-order valence-electron chi connectivity index (χ0n) is 10.6. The fourth-order valence-electron chi connectivity index (χ4n) is 1.63. The summed E-state index contributed by atoms with van der Waals surface area (Å²) in [7, 11) is 1.79. The lowest BCUT2D eigenvalue weighted by atomic mass is 9.98. The van der Waals surface area contributed by atoms with Crippen molar-refractivity contribution in [3.8, 4) is 0 Å². The lowest BCUT2D eigenvalue weighted by Crippen LogP contribution is -2.31. The molecule has 5 nitrogen and oxygen atoms in total. The van der Waals surface area contributed by atoms with Crippen LogP contribution < -0.4 is 5.32 Å². The van der Waals surface area contributed by atoms with Gasteiger partial charge in [0.25, 0.3) is 0 Å². The van der Waals surface area contributed by atoms with Crippen LogP contribution in [0.4, 0.5) is 0 Å². The molecule has 16 heavy (non-hydrogen) atoms. The van der Waals surface area contributed by atoms with Crippen LogP contribution in [-0.2, 0) is 12.6 Å². The van der Waals surface area contributed by atoms with Gasteiger partial charge in [-0.25, -0.2) is 4.68 Å². The zero-order valence-corrected chi connectivity index (χ0v) is 10.6. The molecule has 0 saturated heterocycles. The first-order chi connectivity index (χ1) is 7.43. The van der Waals surface area contributed by atoms with Gasteiger partial charge in [0, 0.05) is 7.05 Å². The smallest absolute Gasteiger partial charge is 0.106 e. The van der Waals surface area contributed by atoms with E-state index < -0.39 is 5.60 Å². The summed E-state index contributed by atoms with van der Waals surface area (Å²) in [5.41, 5.74) is -0.124. The molecule has 0 saturated carbocycles. The topological polar surface area (TPSA) is 63.0 Å². The van der Waals surface area contributed by atoms with Crippen LogP contribution in [0.15, 0.2) is 6.20 Å². The predicted molar refractivity (Wildman–Crippen MR) is 62.9 cm³/mol. The Balaban J connectivity index is 2.43. The van der Waals surface area contributed by atoms with E-state index in [-0.39, 0.29) is 0 Å². The van der Waals surface area contributed by atoms with Crippen molar-refractivity contribution < 1.29 is 5.11 Å². The number of nitrogens with zero attached hydrogens (tertiary/aromatic N) is 3. The van der Waals surface area contributed by atoms with Crippen molar-refractivity contribution in [3.63, 3.8) is 0 Å². The Kier molecular flexibility index (Phi) is 4.44. The van der Waals surface area contributed by atoms with E-state index in [1.54, 1.807) is 24.9 Å². The van der Waals surface area contributed by atoms with Crippen molar-refractivity contribution in [2.75, 3.05) is 13.1 Å². The molecule has 0 radical (unpaired) electrons. The van der Waals surface area contributed by atoms with Crippen molar-refractivity contribution in [2.45, 2.75) is 32.8 Å². The maximum Gasteiger partial charge on any atom is 0.106 e. The molecule has 92 valence electrons. The second-order valence-corrected chi connectivity index (χ2v) is 4.86. The first-order valence-corrected chi connectivity index (χ1v) is 5.71. The molecule has 0 fully saturated rings. The molecular formula is C11H22N4O. The van der Waals surface area contributed by atoms with Crippen molar-refractivity contribution in [1.29, 1.82) is 0 Å². The normalized spacial score (nSPS) is 15.4. The highest BCUT2D eigenvalue weighted by molar-refractivity contribution is 5.05. The van der Waals surface area contributed by atoms with Crippen LogP contribution in [0.2, 0.25) is 0 Å². The lowest BCUT2D eigenvalue weighted by Gasteiger charge is -2.23. The first-order valence-electron chi connectivity index (χ1n) is 5.71. The number of hydrogen-bond donors (Lipinski definition) is 2. The fraction of sp³-hybridized carbons (Fsp3) is 0.818. The highest BCUT2D eigenvalue weighted by atomic mass is 16.3. The SMILES string of the molecule is CC(C)CNCCC(C)(O)c1cnnn1C. The summed E-state index contributed by atoms with van der Waals surface area (Å²) in [5, 5.41) is 21.2. The molecular weight excluding hydrogens is 204 g/mol. The Morgan fingerprint density at radius 3 is 2.75 bits per heavy atom. The molecule has 1 aromatic heterocycles. The quantitative estimate of drug-likeness (QED) is 0.699. The molecule has 1 rings (SSSR count). The largest absolute Gasteiger partial charge is 0.384 e. The summed E-state index contributed by atoms with van der Waals surface area (Å²) in [6, 6.07) is 0. The van der Waals surface area contributed by atoms with Gasteiger partial charge in [0.05, 0.1) is 11.9 Å². The van der Waals surface area contributed by atoms with Crippen LogP contribution in [0, 0.1) is 5.92 Å². The number of nitrogens with one attached hydrogen (secondary N) is 1. The van der Waals surface area contributed by atoms with Gasteiger partial charge in [-0.1, -0.05) is 19.1 Å². The summed E-state index contributed by atoms with van der Waals surface area (Å²) < 4.78 is 1.61. The number of aryl methyl sites for hydroxylation is 1. The molecule has 0 aliphatic heterocycles. The molecule has 2 N–H and O–H groups in total. The Morgan fingerprint density at radius 2 is 2.25 bits per heavy atom. The lowest BCUT2D eigenvalue weighted by molar-refractivity contribution is 0.0395. The van der Waals surface area contributed by atoms with Gasteiger partial charge in [-0.2, -0.15) is 0 Å². The third kappa shape index (κ3) is 3.57. The number of aliphatic hydroxyl groups is 1. The van der Waals surface area contributed by atoms with Crippen molar-refractivity contribution in [1.82, 2.24) is 20.3 Å². The molecule has 0 aromatic carbocycles. The maximum atomic E-state index is 10.3. The summed E-state index contributed by atoms with van der Waals surface area (Å²) in [4.78, 5) is 0. The fourth-order valence-corrected chi connectivity index (χ4v) is 1.63. The molecule has 0 aliphatic carbocycles. The molecule has 1 unspecified atom stereocenters. The minimum atomic E-state index is -0.873. The van der Waals surface area contributed by atoms with Gasteiger partial charge in [-0.15, -0.1) is 5.10 Å². The van der Waals surface area contributed by atoms with E-state index in [2.05, 4.69) is 29.5 Å². The van der Waals surface area contributed by atoms with Crippen LogP contribution in [0.1, 0.15) is 32.9 Å². The van der Waals surface area contributed by atoms with Gasteiger partial charge in [0.15, 0.2) is 0 Å². The number of rotatable bonds is 6. The molecule has 1 atom stereocenters. The number of hydrogen-bond acceptors (Lipinski definition) is 4. The molecule has 0 spiro atoms. The molecule has 1 heterocycles. The average molecular weight is 226 g/mol. The van der Waals surface area contributed by atoms with E-state index >= 15 is 0 Å². The predicted octanol–water partition coefficient (Wildman–Crippen LogP) is 0.658. The summed E-state index contributed by atoms with van der Waals surface area (Å²) in [5.74, 6) is 0.628. The molecule has 0 aliphatic rings. The Morgan fingerprint density at radius 1 is 1.56 bits per heavy atom. The minimum absolute atomic E-state index is 0.628. The Labute approximate surface area is 96.9 Å². The van der Waals surface area contributed by atoms with Gasteiger partial charge in [0.2, 0.25) is 0 Å². The highest BCUT2D eigenvalue weighted by Crippen LogP contribution is 2.21. The average Bonchev–Trinajstić information content (AvgIpc) is 2.59. The number of aromatic nitrogens is 3. The van der Waals surface area contributed by atoms with Gasteiger partial charge in [0.1, 0.15) is 5.60 Å². The molecule has 0 bridgehead atoms. The van der Waals surface area contributed by atoms with E-state index in [0.29, 0.717) is 12.3 Å². The standard InChI is InChI=1S/C11H22N4O/c1-9(2)7-12-6-5-11(3,16)10-8-13-14-15(10)4/h8-9,12,16H,5-7H2,1-4H3. The summed E-state index contributed by atoms with van der Waals surface area (Å²) in [6.07, 6.45) is 2.27. The van der Waals surface area contributed by atoms with Crippen LogP contribution in [0.25, 0.3) is 0 Å². The van der Waals surface area contributed by atoms with Gasteiger partial charge >= 0.3 is 0 Å². The minimum Gasteiger partial charge on any atom is -0.384 e. The third-order valence-corrected chi connectivity index (χ3v) is 2.61. The zero-order chi connectivity index (χ0) is 12.2. The Bertz CT molecular complexity index is 320. The molecule has 0 amide bonds. The van der Waals surface area contributed by atoms with Gasteiger partial charge in [-0.3, -0.25) is 0 Å². The second kappa shape index (κ2) is 5.41. The van der Waals surface area contributed by atoms with Gasteiger partial charge in [-0.05, 0) is 32.4 Å². The van der Waals surface area contributed by atoms with Crippen molar-refractivity contribution in [3.05, 3.63) is 11.9 Å². The highest BCUT2D eigenvalue weighted by Gasteiger charge is 2.26.